The Hall–Kier alpha value is -2.38. The molecule has 1 aliphatic rings. The van der Waals surface area contributed by atoms with E-state index in [1.165, 1.54) is 0 Å². The van der Waals surface area contributed by atoms with E-state index in [1.54, 1.807) is 20.0 Å². The van der Waals surface area contributed by atoms with E-state index in [9.17, 15) is 14.7 Å². The summed E-state index contributed by atoms with van der Waals surface area (Å²) in [5, 5.41) is 11.5. The topological polar surface area (TPSA) is 88.5 Å². The highest BCUT2D eigenvalue weighted by Gasteiger charge is 2.43. The Morgan fingerprint density at radius 3 is 2.52 bits per heavy atom. The van der Waals surface area contributed by atoms with Crippen molar-refractivity contribution in [3.8, 4) is 5.75 Å². The summed E-state index contributed by atoms with van der Waals surface area (Å²) in [7, 11) is 0. The van der Waals surface area contributed by atoms with Gasteiger partial charge in [-0.25, -0.2) is 0 Å². The summed E-state index contributed by atoms with van der Waals surface area (Å²) < 4.78 is 4.99. The smallest absolute Gasteiger partial charge is 0.286 e. The zero-order valence-electron chi connectivity index (χ0n) is 15.3. The third kappa shape index (κ3) is 4.87. The number of ether oxygens (including phenoxy) is 1. The van der Waals surface area contributed by atoms with Crippen LogP contribution in [-0.4, -0.2) is 32.6 Å². The van der Waals surface area contributed by atoms with Gasteiger partial charge in [0, 0.05) is 18.3 Å². The highest BCUT2D eigenvalue weighted by molar-refractivity contribution is 8.16. The highest BCUT2D eigenvalue weighted by Crippen LogP contribution is 2.34. The summed E-state index contributed by atoms with van der Waals surface area (Å²) in [5.41, 5.74) is 2.66. The highest BCUT2D eigenvalue weighted by atomic mass is 32.2. The molecule has 0 spiro atoms. The van der Waals surface area contributed by atoms with Crippen molar-refractivity contribution in [1.29, 1.82) is 0 Å². The molecular formula is C20H22N2O4S. The second kappa shape index (κ2) is 8.10. The van der Waals surface area contributed by atoms with E-state index in [0.29, 0.717) is 19.4 Å². The quantitative estimate of drug-likeness (QED) is 0.760. The average Bonchev–Trinajstić information content (AvgIpc) is 2.88. The van der Waals surface area contributed by atoms with Gasteiger partial charge in [0.1, 0.15) is 10.5 Å². The zero-order valence-corrected chi connectivity index (χ0v) is 16.1. The van der Waals surface area contributed by atoms with E-state index in [4.69, 9.17) is 4.74 Å². The first-order valence-corrected chi connectivity index (χ1v) is 9.56. The van der Waals surface area contributed by atoms with Crippen LogP contribution in [-0.2, 0) is 17.6 Å². The maximum Gasteiger partial charge on any atom is 0.286 e. The van der Waals surface area contributed by atoms with Crippen molar-refractivity contribution in [2.75, 3.05) is 6.61 Å². The number of carbonyl (C=O) groups is 2. The summed E-state index contributed by atoms with van der Waals surface area (Å²) >= 11 is 1.04. The number of imide groups is 1. The molecule has 0 saturated carbocycles. The lowest BCUT2D eigenvalue weighted by atomic mass is 9.99. The molecule has 2 heterocycles. The normalized spacial score (nSPS) is 20.4. The number of hydrogen-bond acceptors (Lipinski definition) is 6. The SMILES string of the molecule is CC(O)c1ccc(CCOc2ccc(C[C@]3(C)SC(=O)NC3=O)cc2)nc1. The third-order valence-corrected chi connectivity index (χ3v) is 5.50. The van der Waals surface area contributed by atoms with Crippen molar-refractivity contribution in [1.82, 2.24) is 10.3 Å². The molecule has 0 bridgehead atoms. The van der Waals surface area contributed by atoms with Crippen LogP contribution in [0.1, 0.15) is 36.8 Å². The van der Waals surface area contributed by atoms with Gasteiger partial charge in [-0.05, 0) is 61.4 Å². The summed E-state index contributed by atoms with van der Waals surface area (Å²) in [4.78, 5) is 27.6. The number of nitrogens with zero attached hydrogens (tertiary/aromatic N) is 1. The van der Waals surface area contributed by atoms with Crippen LogP contribution >= 0.6 is 11.8 Å². The number of benzene rings is 1. The van der Waals surface area contributed by atoms with Crippen molar-refractivity contribution in [3.05, 3.63) is 59.4 Å². The van der Waals surface area contributed by atoms with Crippen molar-refractivity contribution in [2.45, 2.75) is 37.5 Å². The molecule has 3 rings (SSSR count). The molecule has 7 heteroatoms. The minimum atomic E-state index is -0.761. The van der Waals surface area contributed by atoms with Gasteiger partial charge in [0.25, 0.3) is 5.24 Å². The number of amides is 2. The Balaban J connectivity index is 1.50. The molecule has 1 aromatic heterocycles. The predicted molar refractivity (Wildman–Crippen MR) is 104 cm³/mol. The van der Waals surface area contributed by atoms with Crippen molar-refractivity contribution in [3.63, 3.8) is 0 Å². The molecule has 27 heavy (non-hydrogen) atoms. The number of nitrogens with one attached hydrogen (secondary N) is 1. The largest absolute Gasteiger partial charge is 0.493 e. The number of hydrogen-bond donors (Lipinski definition) is 2. The minimum Gasteiger partial charge on any atom is -0.493 e. The fourth-order valence-electron chi connectivity index (χ4n) is 2.82. The summed E-state index contributed by atoms with van der Waals surface area (Å²) in [6.45, 7) is 3.97. The minimum absolute atomic E-state index is 0.244. The van der Waals surface area contributed by atoms with Crippen molar-refractivity contribution in [2.24, 2.45) is 0 Å². The molecule has 2 N–H and O–H groups in total. The number of aliphatic hydroxyl groups excluding tert-OH is 1. The number of aliphatic hydroxyl groups is 1. The van der Waals surface area contributed by atoms with Gasteiger partial charge in [-0.15, -0.1) is 0 Å². The molecule has 1 aromatic carbocycles. The average molecular weight is 386 g/mol. The maximum absolute atomic E-state index is 11.9. The molecule has 6 nitrogen and oxygen atoms in total. The lowest BCUT2D eigenvalue weighted by Gasteiger charge is -2.18. The van der Waals surface area contributed by atoms with E-state index < -0.39 is 10.9 Å². The molecule has 1 fully saturated rings. The Morgan fingerprint density at radius 1 is 1.22 bits per heavy atom. The number of rotatable bonds is 7. The molecule has 2 amide bonds. The van der Waals surface area contributed by atoms with Crippen molar-refractivity contribution >= 4 is 22.9 Å². The maximum atomic E-state index is 11.9. The number of thioether (sulfide) groups is 1. The second-order valence-electron chi connectivity index (χ2n) is 6.75. The molecule has 0 aliphatic carbocycles. The van der Waals surface area contributed by atoms with E-state index in [0.717, 1.165) is 34.3 Å². The van der Waals surface area contributed by atoms with Gasteiger partial charge in [0.05, 0.1) is 12.7 Å². The Bertz CT molecular complexity index is 821. The van der Waals surface area contributed by atoms with Gasteiger partial charge >= 0.3 is 0 Å². The molecule has 0 radical (unpaired) electrons. The van der Waals surface area contributed by atoms with Gasteiger partial charge in [0.15, 0.2) is 0 Å². The molecule has 2 atom stereocenters. The third-order valence-electron chi connectivity index (χ3n) is 4.44. The van der Waals surface area contributed by atoms with Crippen LogP contribution in [0.3, 0.4) is 0 Å². The van der Waals surface area contributed by atoms with E-state index in [2.05, 4.69) is 10.3 Å². The van der Waals surface area contributed by atoms with Crippen LogP contribution in [0.25, 0.3) is 0 Å². The predicted octanol–water partition coefficient (Wildman–Crippen LogP) is 3.04. The van der Waals surface area contributed by atoms with E-state index in [1.807, 2.05) is 36.4 Å². The van der Waals surface area contributed by atoms with E-state index >= 15 is 0 Å². The van der Waals surface area contributed by atoms with Gasteiger partial charge in [-0.1, -0.05) is 18.2 Å². The zero-order chi connectivity index (χ0) is 19.4. The summed E-state index contributed by atoms with van der Waals surface area (Å²) in [6.07, 6.45) is 2.31. The number of aromatic nitrogens is 1. The first-order chi connectivity index (χ1) is 12.9. The standard InChI is InChI=1S/C20H22N2O4S/c1-13(23)15-5-6-16(21-12-15)9-10-26-17-7-3-14(4-8-17)11-20(2)18(24)22-19(25)27-20/h3-8,12-13,23H,9-11H2,1-2H3,(H,22,24,25)/t13?,20-/m0/s1. The molecule has 142 valence electrons. The first kappa shape index (κ1) is 19.4. The van der Waals surface area contributed by atoms with E-state index in [-0.39, 0.29) is 11.1 Å². The molecular weight excluding hydrogens is 364 g/mol. The van der Waals surface area contributed by atoms with Crippen molar-refractivity contribution < 1.29 is 19.4 Å². The summed E-state index contributed by atoms with van der Waals surface area (Å²) in [6, 6.07) is 11.3. The fourth-order valence-corrected chi connectivity index (χ4v) is 3.75. The van der Waals surface area contributed by atoms with Crippen LogP contribution in [0.4, 0.5) is 4.79 Å². The van der Waals surface area contributed by atoms with Gasteiger partial charge in [0.2, 0.25) is 5.91 Å². The Morgan fingerprint density at radius 2 is 1.96 bits per heavy atom. The molecule has 1 saturated heterocycles. The Labute approximate surface area is 162 Å². The van der Waals surface area contributed by atoms with Gasteiger partial charge < -0.3 is 9.84 Å². The van der Waals surface area contributed by atoms with Crippen LogP contribution in [0.5, 0.6) is 5.75 Å². The van der Waals surface area contributed by atoms with Crippen LogP contribution in [0.2, 0.25) is 0 Å². The monoisotopic (exact) mass is 386 g/mol. The van der Waals surface area contributed by atoms with Crippen LogP contribution < -0.4 is 10.1 Å². The van der Waals surface area contributed by atoms with Crippen LogP contribution in [0.15, 0.2) is 42.6 Å². The molecule has 1 aliphatic heterocycles. The number of pyridine rings is 1. The second-order valence-corrected chi connectivity index (χ2v) is 8.23. The number of carbonyl (C=O) groups excluding carboxylic acids is 2. The summed E-state index contributed by atoms with van der Waals surface area (Å²) in [5.74, 6) is 0.496. The van der Waals surface area contributed by atoms with Crippen LogP contribution in [0, 0.1) is 0 Å². The Kier molecular flexibility index (Phi) is 5.82. The lowest BCUT2D eigenvalue weighted by molar-refractivity contribution is -0.121. The van der Waals surface area contributed by atoms with Gasteiger partial charge in [-0.3, -0.25) is 19.9 Å². The fraction of sp³-hybridized carbons (Fsp3) is 0.350. The van der Waals surface area contributed by atoms with Gasteiger partial charge in [-0.2, -0.15) is 0 Å². The lowest BCUT2D eigenvalue weighted by Crippen LogP contribution is -2.35. The molecule has 2 aromatic rings. The molecule has 1 unspecified atom stereocenters. The first-order valence-electron chi connectivity index (χ1n) is 8.75.